The van der Waals surface area contributed by atoms with Crippen LogP contribution in [0.25, 0.3) is 0 Å². The van der Waals surface area contributed by atoms with Crippen LogP contribution in [0.3, 0.4) is 0 Å². The molecule has 0 aliphatic carbocycles. The summed E-state index contributed by atoms with van der Waals surface area (Å²) in [6.45, 7) is 9.56. The number of hydrogen-bond donors (Lipinski definition) is 2. The van der Waals surface area contributed by atoms with Crippen molar-refractivity contribution < 1.29 is 0 Å². The molecular formula is C9H21N3. The lowest BCUT2D eigenvalue weighted by atomic mass is 10.2. The van der Waals surface area contributed by atoms with E-state index in [-0.39, 0.29) is 5.84 Å². The number of amidine groups is 1. The Kier molecular flexibility index (Phi) is 4.90. The minimum Gasteiger partial charge on any atom is -0.388 e. The predicted octanol–water partition coefficient (Wildman–Crippen LogP) is 1.43. The van der Waals surface area contributed by atoms with Crippen molar-refractivity contribution in [2.24, 2.45) is 5.73 Å². The normalized spacial score (nSPS) is 11.6. The van der Waals surface area contributed by atoms with Gasteiger partial charge in [0.2, 0.25) is 0 Å². The summed E-state index contributed by atoms with van der Waals surface area (Å²) in [5, 5.41) is 7.12. The quantitative estimate of drug-likeness (QED) is 0.485. The highest BCUT2D eigenvalue weighted by Gasteiger charge is 2.12. The first-order valence-electron chi connectivity index (χ1n) is 4.53. The van der Waals surface area contributed by atoms with Crippen molar-refractivity contribution in [3.05, 3.63) is 0 Å². The Bertz CT molecular complexity index is 133. The lowest BCUT2D eigenvalue weighted by molar-refractivity contribution is 0.180. The number of nitrogens with one attached hydrogen (secondary N) is 1. The minimum absolute atomic E-state index is 0.279. The van der Waals surface area contributed by atoms with E-state index < -0.39 is 0 Å². The Morgan fingerprint density at radius 1 is 1.25 bits per heavy atom. The van der Waals surface area contributed by atoms with E-state index in [9.17, 15) is 0 Å². The van der Waals surface area contributed by atoms with Gasteiger partial charge in [-0.25, -0.2) is 0 Å². The van der Waals surface area contributed by atoms with Crippen molar-refractivity contribution in [3.63, 3.8) is 0 Å². The third-order valence-electron chi connectivity index (χ3n) is 1.97. The molecule has 0 unspecified atom stereocenters. The summed E-state index contributed by atoms with van der Waals surface area (Å²) in [5.74, 6) is 0.279. The van der Waals surface area contributed by atoms with E-state index in [0.717, 1.165) is 6.54 Å². The molecule has 0 saturated heterocycles. The monoisotopic (exact) mass is 171 g/mol. The summed E-state index contributed by atoms with van der Waals surface area (Å²) >= 11 is 0. The first kappa shape index (κ1) is 11.4. The molecule has 3 nitrogen and oxygen atoms in total. The first-order chi connectivity index (χ1) is 5.45. The van der Waals surface area contributed by atoms with Gasteiger partial charge in [-0.1, -0.05) is 0 Å². The lowest BCUT2D eigenvalue weighted by Crippen LogP contribution is -2.39. The third-order valence-corrected chi connectivity index (χ3v) is 1.97. The molecule has 0 heterocycles. The molecular weight excluding hydrogens is 150 g/mol. The molecule has 72 valence electrons. The molecule has 0 aromatic heterocycles. The third kappa shape index (κ3) is 4.34. The highest BCUT2D eigenvalue weighted by atomic mass is 15.2. The second-order valence-corrected chi connectivity index (χ2v) is 3.70. The summed E-state index contributed by atoms with van der Waals surface area (Å²) < 4.78 is 0. The van der Waals surface area contributed by atoms with Gasteiger partial charge in [-0.15, -0.1) is 0 Å². The zero-order valence-electron chi connectivity index (χ0n) is 8.59. The summed E-state index contributed by atoms with van der Waals surface area (Å²) in [6.07, 6.45) is 0.677. The molecule has 0 aliphatic rings. The topological polar surface area (TPSA) is 53.1 Å². The summed E-state index contributed by atoms with van der Waals surface area (Å²) in [4.78, 5) is 2.33. The molecule has 0 spiro atoms. The van der Waals surface area contributed by atoms with Gasteiger partial charge in [0.1, 0.15) is 0 Å². The van der Waals surface area contributed by atoms with Crippen molar-refractivity contribution in [1.29, 1.82) is 5.41 Å². The molecule has 0 fully saturated rings. The van der Waals surface area contributed by atoms with Crippen molar-refractivity contribution in [2.75, 3.05) is 6.54 Å². The second kappa shape index (κ2) is 5.14. The van der Waals surface area contributed by atoms with E-state index in [1.165, 1.54) is 0 Å². The van der Waals surface area contributed by atoms with Gasteiger partial charge >= 0.3 is 0 Å². The number of nitrogens with zero attached hydrogens (tertiary/aromatic N) is 1. The van der Waals surface area contributed by atoms with E-state index in [4.69, 9.17) is 11.1 Å². The van der Waals surface area contributed by atoms with Crippen molar-refractivity contribution in [1.82, 2.24) is 4.90 Å². The van der Waals surface area contributed by atoms with E-state index >= 15 is 0 Å². The highest BCUT2D eigenvalue weighted by molar-refractivity contribution is 5.76. The van der Waals surface area contributed by atoms with Crippen molar-refractivity contribution >= 4 is 5.84 Å². The maximum atomic E-state index is 7.12. The van der Waals surface area contributed by atoms with Gasteiger partial charge in [0.15, 0.2) is 0 Å². The molecule has 12 heavy (non-hydrogen) atoms. The van der Waals surface area contributed by atoms with Crippen LogP contribution >= 0.6 is 0 Å². The zero-order valence-corrected chi connectivity index (χ0v) is 8.59. The van der Waals surface area contributed by atoms with Crippen molar-refractivity contribution in [3.8, 4) is 0 Å². The Morgan fingerprint density at radius 3 is 1.92 bits per heavy atom. The molecule has 0 bridgehead atoms. The number of rotatable bonds is 5. The average Bonchev–Trinajstić information content (AvgIpc) is 1.84. The smallest absolute Gasteiger partial charge is 0.0918 e. The van der Waals surface area contributed by atoms with Crippen LogP contribution in [-0.2, 0) is 0 Å². The van der Waals surface area contributed by atoms with Gasteiger partial charge in [0, 0.05) is 25.0 Å². The first-order valence-corrected chi connectivity index (χ1v) is 4.53. The van der Waals surface area contributed by atoms with E-state index in [1.54, 1.807) is 0 Å². The zero-order chi connectivity index (χ0) is 9.72. The molecule has 0 aromatic carbocycles. The van der Waals surface area contributed by atoms with Crippen LogP contribution < -0.4 is 5.73 Å². The maximum Gasteiger partial charge on any atom is 0.0918 e. The van der Waals surface area contributed by atoms with E-state index in [0.29, 0.717) is 18.5 Å². The number of hydrogen-bond acceptors (Lipinski definition) is 2. The highest BCUT2D eigenvalue weighted by Crippen LogP contribution is 2.04. The van der Waals surface area contributed by atoms with Gasteiger partial charge in [0.25, 0.3) is 0 Å². The molecule has 3 N–H and O–H groups in total. The van der Waals surface area contributed by atoms with Gasteiger partial charge < -0.3 is 5.73 Å². The van der Waals surface area contributed by atoms with Crippen LogP contribution in [0.2, 0.25) is 0 Å². The fraction of sp³-hybridized carbons (Fsp3) is 0.889. The summed E-state index contributed by atoms with van der Waals surface area (Å²) in [6, 6.07) is 1.06. The fourth-order valence-electron chi connectivity index (χ4n) is 1.36. The summed E-state index contributed by atoms with van der Waals surface area (Å²) in [7, 11) is 0. The Hall–Kier alpha value is -0.570. The SMILES string of the molecule is CC(C)N(CCC(=N)N)C(C)C. The van der Waals surface area contributed by atoms with Crippen LogP contribution in [0.4, 0.5) is 0 Å². The van der Waals surface area contributed by atoms with Crippen LogP contribution in [0, 0.1) is 5.41 Å². The van der Waals surface area contributed by atoms with Gasteiger partial charge in [-0.2, -0.15) is 0 Å². The minimum atomic E-state index is 0.279. The molecule has 3 heteroatoms. The molecule has 0 rings (SSSR count). The molecule has 0 atom stereocenters. The van der Waals surface area contributed by atoms with Crippen LogP contribution in [-0.4, -0.2) is 29.4 Å². The van der Waals surface area contributed by atoms with Gasteiger partial charge in [-0.3, -0.25) is 10.3 Å². The summed E-state index contributed by atoms with van der Waals surface area (Å²) in [5.41, 5.74) is 5.30. The van der Waals surface area contributed by atoms with Crippen LogP contribution in [0.5, 0.6) is 0 Å². The molecule has 0 aliphatic heterocycles. The second-order valence-electron chi connectivity index (χ2n) is 3.70. The van der Waals surface area contributed by atoms with Crippen molar-refractivity contribution in [2.45, 2.75) is 46.2 Å². The Labute approximate surface area is 75.4 Å². The van der Waals surface area contributed by atoms with Gasteiger partial charge in [0.05, 0.1) is 5.84 Å². The predicted molar refractivity (Wildman–Crippen MR) is 53.5 cm³/mol. The van der Waals surface area contributed by atoms with Gasteiger partial charge in [-0.05, 0) is 27.7 Å². The maximum absolute atomic E-state index is 7.12. The largest absolute Gasteiger partial charge is 0.388 e. The average molecular weight is 171 g/mol. The molecule has 0 saturated carbocycles. The van der Waals surface area contributed by atoms with E-state index in [2.05, 4.69) is 32.6 Å². The molecule has 0 radical (unpaired) electrons. The molecule has 0 aromatic rings. The fourth-order valence-corrected chi connectivity index (χ4v) is 1.36. The lowest BCUT2D eigenvalue weighted by Gasteiger charge is -2.30. The molecule has 0 amide bonds. The van der Waals surface area contributed by atoms with Crippen LogP contribution in [0.1, 0.15) is 34.1 Å². The Morgan fingerprint density at radius 2 is 1.67 bits per heavy atom. The standard InChI is InChI=1S/C9H21N3/c1-7(2)12(8(3)4)6-5-9(10)11/h7-8H,5-6H2,1-4H3,(H3,10,11). The Balaban J connectivity index is 3.88. The van der Waals surface area contributed by atoms with E-state index in [1.807, 2.05) is 0 Å². The number of nitrogens with two attached hydrogens (primary N) is 1. The van der Waals surface area contributed by atoms with Crippen LogP contribution in [0.15, 0.2) is 0 Å².